The van der Waals surface area contributed by atoms with Gasteiger partial charge in [-0.2, -0.15) is 5.10 Å². The van der Waals surface area contributed by atoms with Crippen molar-refractivity contribution in [2.45, 2.75) is 25.8 Å². The number of rotatable bonds is 9. The highest BCUT2D eigenvalue weighted by Crippen LogP contribution is 2.28. The van der Waals surface area contributed by atoms with Gasteiger partial charge in [0, 0.05) is 70.2 Å². The molecule has 1 N–H and O–H groups in total. The van der Waals surface area contributed by atoms with Crippen molar-refractivity contribution in [2.75, 3.05) is 57.3 Å². The summed E-state index contributed by atoms with van der Waals surface area (Å²) < 4.78 is 1.89. The molecule has 212 valence electrons. The number of piperazine rings is 1. The lowest BCUT2D eigenvalue weighted by Crippen LogP contribution is -2.48. The average molecular weight is 549 g/mol. The summed E-state index contributed by atoms with van der Waals surface area (Å²) in [5.41, 5.74) is 5.97. The monoisotopic (exact) mass is 548 g/mol. The molecule has 0 atom stereocenters. The maximum atomic E-state index is 13.2. The van der Waals surface area contributed by atoms with E-state index in [-0.39, 0.29) is 5.91 Å². The standard InChI is InChI=1S/C34H40N6O/c41-34(35-18-21-37-22-24-38(25-23-37)27-28-10-4-1-5-11-28)32-26-33(40(36-32)31-12-6-2-7-13-31)29-14-16-30(17-15-29)39-19-8-3-9-20-39/h1-2,4-7,10-17,26H,3,8-9,18-25,27H2,(H,35,41). The fourth-order valence-corrected chi connectivity index (χ4v) is 5.89. The van der Waals surface area contributed by atoms with Crippen LogP contribution in [0, 0.1) is 0 Å². The Balaban J connectivity index is 1.08. The highest BCUT2D eigenvalue weighted by Gasteiger charge is 2.20. The maximum absolute atomic E-state index is 13.2. The molecule has 1 amide bonds. The fraction of sp³-hybridized carbons (Fsp3) is 0.353. The Labute approximate surface area is 243 Å². The number of carbonyl (C=O) groups is 1. The molecule has 0 spiro atoms. The average Bonchev–Trinajstić information content (AvgIpc) is 3.49. The van der Waals surface area contributed by atoms with E-state index in [0.29, 0.717) is 12.2 Å². The second kappa shape index (κ2) is 13.1. The van der Waals surface area contributed by atoms with E-state index >= 15 is 0 Å². The minimum atomic E-state index is -0.131. The van der Waals surface area contributed by atoms with Gasteiger partial charge in [-0.15, -0.1) is 0 Å². The molecule has 0 bridgehead atoms. The zero-order valence-electron chi connectivity index (χ0n) is 23.8. The van der Waals surface area contributed by atoms with Crippen LogP contribution in [0.3, 0.4) is 0 Å². The van der Waals surface area contributed by atoms with Gasteiger partial charge in [-0.25, -0.2) is 4.68 Å². The Morgan fingerprint density at radius 2 is 1.37 bits per heavy atom. The molecule has 0 saturated carbocycles. The van der Waals surface area contributed by atoms with E-state index in [0.717, 1.165) is 69.3 Å². The van der Waals surface area contributed by atoms with Gasteiger partial charge in [0.15, 0.2) is 5.69 Å². The number of piperidine rings is 1. The summed E-state index contributed by atoms with van der Waals surface area (Å²) in [5, 5.41) is 7.87. The molecule has 0 aliphatic carbocycles. The molecule has 2 aliphatic heterocycles. The summed E-state index contributed by atoms with van der Waals surface area (Å²) >= 11 is 0. The minimum absolute atomic E-state index is 0.131. The van der Waals surface area contributed by atoms with Crippen molar-refractivity contribution in [3.63, 3.8) is 0 Å². The molecule has 6 rings (SSSR count). The molecule has 7 heteroatoms. The number of amides is 1. The molecule has 2 aliphatic rings. The van der Waals surface area contributed by atoms with Gasteiger partial charge in [0.25, 0.3) is 5.91 Å². The van der Waals surface area contributed by atoms with E-state index in [9.17, 15) is 4.79 Å². The van der Waals surface area contributed by atoms with Crippen LogP contribution >= 0.6 is 0 Å². The number of anilines is 1. The third-order valence-corrected chi connectivity index (χ3v) is 8.25. The van der Waals surface area contributed by atoms with E-state index in [1.807, 2.05) is 41.1 Å². The zero-order chi connectivity index (χ0) is 27.9. The third-order valence-electron chi connectivity index (χ3n) is 8.25. The van der Waals surface area contributed by atoms with Gasteiger partial charge < -0.3 is 10.2 Å². The summed E-state index contributed by atoms with van der Waals surface area (Å²) in [6, 6.07) is 31.3. The van der Waals surface area contributed by atoms with E-state index in [2.05, 4.69) is 74.6 Å². The van der Waals surface area contributed by atoms with Gasteiger partial charge in [0.05, 0.1) is 11.4 Å². The normalized spacial score (nSPS) is 16.5. The topological polar surface area (TPSA) is 56.6 Å². The largest absolute Gasteiger partial charge is 0.372 e. The van der Waals surface area contributed by atoms with Crippen LogP contribution in [0.25, 0.3) is 16.9 Å². The van der Waals surface area contributed by atoms with Crippen molar-refractivity contribution >= 4 is 11.6 Å². The van der Waals surface area contributed by atoms with Crippen molar-refractivity contribution in [3.8, 4) is 16.9 Å². The number of nitrogens with one attached hydrogen (secondary N) is 1. The smallest absolute Gasteiger partial charge is 0.271 e. The van der Waals surface area contributed by atoms with E-state index in [1.165, 1.54) is 30.5 Å². The quantitative estimate of drug-likeness (QED) is 0.316. The SMILES string of the molecule is O=C(NCCN1CCN(Cc2ccccc2)CC1)c1cc(-c2ccc(N3CCCCC3)cc2)n(-c2ccccc2)n1. The molecule has 1 aromatic heterocycles. The summed E-state index contributed by atoms with van der Waals surface area (Å²) in [6.45, 7) is 8.81. The first-order valence-electron chi connectivity index (χ1n) is 15.0. The van der Waals surface area contributed by atoms with E-state index in [1.54, 1.807) is 0 Å². The Morgan fingerprint density at radius 3 is 2.07 bits per heavy atom. The van der Waals surface area contributed by atoms with Crippen LogP contribution < -0.4 is 10.2 Å². The lowest BCUT2D eigenvalue weighted by molar-refractivity contribution is 0.0929. The van der Waals surface area contributed by atoms with Crippen LogP contribution in [-0.4, -0.2) is 77.8 Å². The van der Waals surface area contributed by atoms with Gasteiger partial charge in [-0.3, -0.25) is 14.6 Å². The Bertz CT molecular complexity index is 1390. The summed E-state index contributed by atoms with van der Waals surface area (Å²) in [5.74, 6) is -0.131. The Morgan fingerprint density at radius 1 is 0.707 bits per heavy atom. The van der Waals surface area contributed by atoms with Gasteiger partial charge >= 0.3 is 0 Å². The number of hydrogen-bond donors (Lipinski definition) is 1. The third kappa shape index (κ3) is 6.87. The molecular weight excluding hydrogens is 508 g/mol. The minimum Gasteiger partial charge on any atom is -0.372 e. The van der Waals surface area contributed by atoms with Gasteiger partial charge in [0.1, 0.15) is 0 Å². The number of para-hydroxylation sites is 1. The molecule has 2 saturated heterocycles. The first-order chi connectivity index (χ1) is 20.2. The number of nitrogens with zero attached hydrogens (tertiary/aromatic N) is 5. The van der Waals surface area contributed by atoms with Crippen molar-refractivity contribution < 1.29 is 4.79 Å². The fourth-order valence-electron chi connectivity index (χ4n) is 5.89. The second-order valence-corrected chi connectivity index (χ2v) is 11.1. The molecule has 0 radical (unpaired) electrons. The number of carbonyl (C=O) groups excluding carboxylic acids is 1. The summed E-state index contributed by atoms with van der Waals surface area (Å²) in [7, 11) is 0. The number of aromatic nitrogens is 2. The van der Waals surface area contributed by atoms with Crippen molar-refractivity contribution in [2.24, 2.45) is 0 Å². The highest BCUT2D eigenvalue weighted by atomic mass is 16.1. The zero-order valence-corrected chi connectivity index (χ0v) is 23.8. The molecule has 2 fully saturated rings. The second-order valence-electron chi connectivity index (χ2n) is 11.1. The predicted molar refractivity (Wildman–Crippen MR) is 166 cm³/mol. The predicted octanol–water partition coefficient (Wildman–Crippen LogP) is 5.08. The van der Waals surface area contributed by atoms with Gasteiger partial charge in [0.2, 0.25) is 0 Å². The molecule has 3 heterocycles. The van der Waals surface area contributed by atoms with Crippen LogP contribution in [0.1, 0.15) is 35.3 Å². The Hall–Kier alpha value is -3.94. The molecular formula is C34H40N6O. The van der Waals surface area contributed by atoms with Crippen molar-refractivity contribution in [3.05, 3.63) is 102 Å². The number of hydrogen-bond acceptors (Lipinski definition) is 5. The van der Waals surface area contributed by atoms with Gasteiger partial charge in [-0.05, 0) is 55.2 Å². The highest BCUT2D eigenvalue weighted by molar-refractivity contribution is 5.93. The molecule has 7 nitrogen and oxygen atoms in total. The van der Waals surface area contributed by atoms with Crippen molar-refractivity contribution in [1.82, 2.24) is 24.9 Å². The first kappa shape index (κ1) is 27.2. The summed E-state index contributed by atoms with van der Waals surface area (Å²) in [4.78, 5) is 20.6. The van der Waals surface area contributed by atoms with Crippen LogP contribution in [0.15, 0.2) is 91.0 Å². The molecule has 3 aromatic carbocycles. The molecule has 4 aromatic rings. The van der Waals surface area contributed by atoms with E-state index < -0.39 is 0 Å². The van der Waals surface area contributed by atoms with Crippen molar-refractivity contribution in [1.29, 1.82) is 0 Å². The lowest BCUT2D eigenvalue weighted by atomic mass is 10.1. The Kier molecular flexibility index (Phi) is 8.74. The maximum Gasteiger partial charge on any atom is 0.271 e. The first-order valence-corrected chi connectivity index (χ1v) is 15.0. The molecule has 41 heavy (non-hydrogen) atoms. The van der Waals surface area contributed by atoms with Crippen LogP contribution in [0.4, 0.5) is 5.69 Å². The number of benzene rings is 3. The molecule has 0 unspecified atom stereocenters. The summed E-state index contributed by atoms with van der Waals surface area (Å²) in [6.07, 6.45) is 3.83. The van der Waals surface area contributed by atoms with Crippen LogP contribution in [0.2, 0.25) is 0 Å². The van der Waals surface area contributed by atoms with Crippen LogP contribution in [-0.2, 0) is 6.54 Å². The van der Waals surface area contributed by atoms with Crippen LogP contribution in [0.5, 0.6) is 0 Å². The van der Waals surface area contributed by atoms with Gasteiger partial charge in [-0.1, -0.05) is 60.7 Å². The van der Waals surface area contributed by atoms with E-state index in [4.69, 9.17) is 5.10 Å². The lowest BCUT2D eigenvalue weighted by Gasteiger charge is -2.34.